The zero-order valence-corrected chi connectivity index (χ0v) is 18.5. The Kier molecular flexibility index (Phi) is 5.90. The second kappa shape index (κ2) is 8.76. The van der Waals surface area contributed by atoms with E-state index in [1.165, 1.54) is 4.90 Å². The van der Waals surface area contributed by atoms with Crippen molar-refractivity contribution in [3.05, 3.63) is 64.1 Å². The fourth-order valence-corrected chi connectivity index (χ4v) is 3.92. The number of rotatable bonds is 5. The van der Waals surface area contributed by atoms with E-state index in [1.807, 2.05) is 53.4 Å². The Morgan fingerprint density at radius 1 is 1.26 bits per heavy atom. The molecule has 2 atom stereocenters. The van der Waals surface area contributed by atoms with Crippen LogP contribution in [0.1, 0.15) is 11.1 Å². The number of urea groups is 1. The molecule has 0 saturated carbocycles. The number of guanidine groups is 1. The van der Waals surface area contributed by atoms with Gasteiger partial charge in [0, 0.05) is 23.6 Å². The Morgan fingerprint density at radius 3 is 2.77 bits per heavy atom. The summed E-state index contributed by atoms with van der Waals surface area (Å²) in [5.41, 5.74) is 4.71. The monoisotopic (exact) mass is 484 g/mol. The first-order valence-corrected chi connectivity index (χ1v) is 10.4. The molecule has 0 aliphatic carbocycles. The van der Waals surface area contributed by atoms with Crippen LogP contribution in [0.4, 0.5) is 4.79 Å². The fraction of sp³-hybridized carbons (Fsp3) is 0.238. The first-order chi connectivity index (χ1) is 15.0. The Labute approximate surface area is 187 Å². The van der Waals surface area contributed by atoms with Gasteiger partial charge in [0.15, 0.2) is 12.2 Å². The van der Waals surface area contributed by atoms with E-state index in [4.69, 9.17) is 4.74 Å². The van der Waals surface area contributed by atoms with E-state index in [0.29, 0.717) is 18.3 Å². The largest absolute Gasteiger partial charge is 0.496 e. The second-order valence-electron chi connectivity index (χ2n) is 7.09. The molecule has 9 nitrogen and oxygen atoms in total. The molecule has 4 rings (SSSR count). The zero-order chi connectivity index (χ0) is 22.0. The summed E-state index contributed by atoms with van der Waals surface area (Å²) in [5, 5.41) is 6.69. The molecule has 2 aliphatic heterocycles. The molecular weight excluding hydrogens is 464 g/mol. The van der Waals surface area contributed by atoms with Gasteiger partial charge in [0.2, 0.25) is 5.96 Å². The SMILES string of the molecule is COc1ccc(Br)cc1/C=N/NC1=NC2C(C(=O)NC(=O)N2C)N1Cc1ccccc1. The van der Waals surface area contributed by atoms with Crippen molar-refractivity contribution in [1.29, 1.82) is 0 Å². The standard InChI is InChI=1S/C21H21BrN6O3/c1-27-18-17(19(29)25-21(27)30)28(12-13-6-4-3-5-7-13)20(24-18)26-23-11-14-10-15(22)8-9-16(14)31-2/h3-11,17-18H,12H2,1-2H3,(H,24,26)(H,25,29,30)/b23-11+. The van der Waals surface area contributed by atoms with E-state index in [2.05, 4.69) is 36.8 Å². The molecule has 31 heavy (non-hydrogen) atoms. The summed E-state index contributed by atoms with van der Waals surface area (Å²) in [6.45, 7) is 0.430. The van der Waals surface area contributed by atoms with Gasteiger partial charge in [-0.2, -0.15) is 5.10 Å². The van der Waals surface area contributed by atoms with Crippen LogP contribution in [0, 0.1) is 0 Å². The number of fused-ring (bicyclic) bond motifs is 1. The van der Waals surface area contributed by atoms with Gasteiger partial charge in [0.1, 0.15) is 5.75 Å². The van der Waals surface area contributed by atoms with Gasteiger partial charge in [0.25, 0.3) is 5.91 Å². The number of halogens is 1. The number of ether oxygens (including phenoxy) is 1. The lowest BCUT2D eigenvalue weighted by atomic mass is 10.1. The number of hydrogen-bond donors (Lipinski definition) is 2. The van der Waals surface area contributed by atoms with E-state index < -0.39 is 18.2 Å². The molecule has 2 N–H and O–H groups in total. The predicted molar refractivity (Wildman–Crippen MR) is 120 cm³/mol. The Morgan fingerprint density at radius 2 is 2.03 bits per heavy atom. The fourth-order valence-electron chi connectivity index (χ4n) is 3.54. The maximum absolute atomic E-state index is 12.6. The van der Waals surface area contributed by atoms with Crippen molar-refractivity contribution in [2.24, 2.45) is 10.1 Å². The van der Waals surface area contributed by atoms with Gasteiger partial charge in [-0.25, -0.2) is 15.2 Å². The molecule has 160 valence electrons. The number of nitrogens with one attached hydrogen (secondary N) is 2. The number of hydrogen-bond acceptors (Lipinski definition) is 7. The van der Waals surface area contributed by atoms with Crippen molar-refractivity contribution in [1.82, 2.24) is 20.5 Å². The van der Waals surface area contributed by atoms with E-state index in [-0.39, 0.29) is 5.91 Å². The quantitative estimate of drug-likeness (QED) is 0.500. The molecular formula is C21H21BrN6O3. The molecule has 10 heteroatoms. The van der Waals surface area contributed by atoms with Crippen LogP contribution in [-0.2, 0) is 11.3 Å². The van der Waals surface area contributed by atoms with Gasteiger partial charge in [-0.3, -0.25) is 10.1 Å². The van der Waals surface area contributed by atoms with Crippen molar-refractivity contribution in [3.8, 4) is 5.75 Å². The van der Waals surface area contributed by atoms with Crippen LogP contribution < -0.4 is 15.5 Å². The summed E-state index contributed by atoms with van der Waals surface area (Å²) in [4.78, 5) is 32.5. The van der Waals surface area contributed by atoms with Crippen molar-refractivity contribution in [3.63, 3.8) is 0 Å². The van der Waals surface area contributed by atoms with Crippen LogP contribution in [0.5, 0.6) is 5.75 Å². The van der Waals surface area contributed by atoms with Crippen molar-refractivity contribution >= 4 is 40.0 Å². The molecule has 1 fully saturated rings. The molecule has 2 aromatic carbocycles. The Hall–Kier alpha value is -3.40. The third-order valence-electron chi connectivity index (χ3n) is 5.12. The van der Waals surface area contributed by atoms with Gasteiger partial charge in [-0.1, -0.05) is 46.3 Å². The zero-order valence-electron chi connectivity index (χ0n) is 16.9. The van der Waals surface area contributed by atoms with Crippen molar-refractivity contribution in [2.45, 2.75) is 18.8 Å². The summed E-state index contributed by atoms with van der Waals surface area (Å²) >= 11 is 3.44. The predicted octanol–water partition coefficient (Wildman–Crippen LogP) is 2.13. The van der Waals surface area contributed by atoms with Gasteiger partial charge < -0.3 is 14.5 Å². The molecule has 2 aliphatic rings. The Balaban J connectivity index is 1.61. The summed E-state index contributed by atoms with van der Waals surface area (Å²) in [6.07, 6.45) is 0.979. The van der Waals surface area contributed by atoms with Crippen LogP contribution in [0.2, 0.25) is 0 Å². The summed E-state index contributed by atoms with van der Waals surface area (Å²) in [7, 11) is 3.20. The Bertz CT molecular complexity index is 1060. The van der Waals surface area contributed by atoms with Crippen molar-refractivity contribution in [2.75, 3.05) is 14.2 Å². The number of carbonyl (C=O) groups is 2. The number of hydrazone groups is 1. The number of aliphatic imine (C=N–C) groups is 1. The first-order valence-electron chi connectivity index (χ1n) is 9.56. The number of methoxy groups -OCH3 is 1. The summed E-state index contributed by atoms with van der Waals surface area (Å²) in [5.74, 6) is 0.685. The van der Waals surface area contributed by atoms with Crippen LogP contribution >= 0.6 is 15.9 Å². The highest BCUT2D eigenvalue weighted by Crippen LogP contribution is 2.25. The van der Waals surface area contributed by atoms with Gasteiger partial charge in [-0.15, -0.1) is 0 Å². The summed E-state index contributed by atoms with van der Waals surface area (Å²) < 4.78 is 6.25. The van der Waals surface area contributed by atoms with Crippen LogP contribution in [0.15, 0.2) is 63.1 Å². The number of benzene rings is 2. The van der Waals surface area contributed by atoms with Crippen LogP contribution in [0.3, 0.4) is 0 Å². The van der Waals surface area contributed by atoms with Crippen LogP contribution in [0.25, 0.3) is 0 Å². The number of imide groups is 1. The molecule has 1 saturated heterocycles. The number of carbonyl (C=O) groups excluding carboxylic acids is 2. The lowest BCUT2D eigenvalue weighted by Crippen LogP contribution is -2.63. The van der Waals surface area contributed by atoms with Crippen LogP contribution in [-0.4, -0.2) is 60.3 Å². The maximum Gasteiger partial charge on any atom is 0.325 e. The lowest BCUT2D eigenvalue weighted by Gasteiger charge is -2.36. The number of nitrogens with zero attached hydrogens (tertiary/aromatic N) is 4. The highest BCUT2D eigenvalue weighted by Gasteiger charge is 2.48. The normalized spacial score (nSPS) is 20.5. The summed E-state index contributed by atoms with van der Waals surface area (Å²) in [6, 6.07) is 14.2. The molecule has 0 aromatic heterocycles. The molecule has 2 unspecified atom stereocenters. The number of likely N-dealkylation sites (N-methyl/N-ethyl adjacent to an activating group) is 1. The van der Waals surface area contributed by atoms with E-state index in [1.54, 1.807) is 20.4 Å². The van der Waals surface area contributed by atoms with E-state index in [0.717, 1.165) is 15.6 Å². The smallest absolute Gasteiger partial charge is 0.325 e. The third-order valence-corrected chi connectivity index (χ3v) is 5.61. The van der Waals surface area contributed by atoms with E-state index in [9.17, 15) is 9.59 Å². The molecule has 0 spiro atoms. The highest BCUT2D eigenvalue weighted by atomic mass is 79.9. The van der Waals surface area contributed by atoms with E-state index >= 15 is 0 Å². The number of amides is 3. The topological polar surface area (TPSA) is 98.6 Å². The molecule has 3 amide bonds. The minimum atomic E-state index is -0.652. The second-order valence-corrected chi connectivity index (χ2v) is 8.00. The molecule has 2 aromatic rings. The minimum Gasteiger partial charge on any atom is -0.496 e. The van der Waals surface area contributed by atoms with Crippen molar-refractivity contribution < 1.29 is 14.3 Å². The average molecular weight is 485 g/mol. The lowest BCUT2D eigenvalue weighted by molar-refractivity contribution is -0.127. The third kappa shape index (κ3) is 4.24. The molecule has 0 radical (unpaired) electrons. The first kappa shape index (κ1) is 20.9. The highest BCUT2D eigenvalue weighted by molar-refractivity contribution is 9.10. The molecule has 0 bridgehead atoms. The van der Waals surface area contributed by atoms with Gasteiger partial charge in [0.05, 0.1) is 13.3 Å². The molecule has 2 heterocycles. The maximum atomic E-state index is 12.6. The minimum absolute atomic E-state index is 0.387. The average Bonchev–Trinajstić information content (AvgIpc) is 3.12. The van der Waals surface area contributed by atoms with Gasteiger partial charge in [-0.05, 0) is 23.8 Å². The van der Waals surface area contributed by atoms with Gasteiger partial charge >= 0.3 is 6.03 Å².